The van der Waals surface area contributed by atoms with Crippen LogP contribution in [0.3, 0.4) is 0 Å². The summed E-state index contributed by atoms with van der Waals surface area (Å²) in [7, 11) is 0. The smallest absolute Gasteiger partial charge is 0.358 e. The lowest BCUT2D eigenvalue weighted by atomic mass is 10.4. The van der Waals surface area contributed by atoms with E-state index in [0.29, 0.717) is 4.32 Å². The summed E-state index contributed by atoms with van der Waals surface area (Å²) in [5.41, 5.74) is 0. The van der Waals surface area contributed by atoms with E-state index in [9.17, 15) is 18.0 Å². The van der Waals surface area contributed by atoms with E-state index in [4.69, 9.17) is 12.2 Å². The summed E-state index contributed by atoms with van der Waals surface area (Å²) in [5.74, 6) is -0.640. The van der Waals surface area contributed by atoms with Gasteiger partial charge in [0.05, 0.1) is 5.25 Å². The zero-order chi connectivity index (χ0) is 13.8. The van der Waals surface area contributed by atoms with Gasteiger partial charge >= 0.3 is 6.18 Å². The van der Waals surface area contributed by atoms with Gasteiger partial charge in [-0.25, -0.2) is 0 Å². The molecular formula is C10H15F3N2OS2. The van der Waals surface area contributed by atoms with Crippen LogP contribution in [0.1, 0.15) is 19.8 Å². The number of nitrogens with zero attached hydrogens (tertiary/aromatic N) is 1. The Hall–Kier alpha value is -0.500. The first-order valence-electron chi connectivity index (χ1n) is 5.59. The topological polar surface area (TPSA) is 32.3 Å². The summed E-state index contributed by atoms with van der Waals surface area (Å²) in [5, 5.41) is 1.24. The average molecular weight is 300 g/mol. The molecule has 1 aliphatic rings. The van der Waals surface area contributed by atoms with E-state index >= 15 is 0 Å². The Bertz CT molecular complexity index is 317. The summed E-state index contributed by atoms with van der Waals surface area (Å²) in [6, 6.07) is 0. The van der Waals surface area contributed by atoms with Crippen LogP contribution in [-0.4, -0.2) is 46.2 Å². The predicted molar refractivity (Wildman–Crippen MR) is 69.5 cm³/mol. The lowest BCUT2D eigenvalue weighted by Gasteiger charge is -2.20. The highest BCUT2D eigenvalue weighted by molar-refractivity contribution is 8.23. The molecule has 0 spiro atoms. The molecule has 0 saturated carbocycles. The predicted octanol–water partition coefficient (Wildman–Crippen LogP) is 2.17. The summed E-state index contributed by atoms with van der Waals surface area (Å²) in [6.45, 7) is 1.98. The number of hydrogen-bond donors (Lipinski definition) is 1. The van der Waals surface area contributed by atoms with Crippen molar-refractivity contribution in [2.75, 3.05) is 19.6 Å². The van der Waals surface area contributed by atoms with Gasteiger partial charge in [0.25, 0.3) is 0 Å². The van der Waals surface area contributed by atoms with Crippen LogP contribution in [0.4, 0.5) is 13.2 Å². The summed E-state index contributed by atoms with van der Waals surface area (Å²) < 4.78 is 36.4. The Kier molecular flexibility index (Phi) is 5.71. The van der Waals surface area contributed by atoms with Crippen molar-refractivity contribution in [2.24, 2.45) is 0 Å². The highest BCUT2D eigenvalue weighted by atomic mass is 32.2. The van der Waals surface area contributed by atoms with Gasteiger partial charge in [-0.2, -0.15) is 13.2 Å². The molecule has 0 bridgehead atoms. The highest BCUT2D eigenvalue weighted by Gasteiger charge is 2.29. The Morgan fingerprint density at radius 2 is 2.00 bits per heavy atom. The molecule has 1 rings (SSSR count). The lowest BCUT2D eigenvalue weighted by Crippen LogP contribution is -2.39. The van der Waals surface area contributed by atoms with Crippen molar-refractivity contribution >= 4 is 34.2 Å². The largest absolute Gasteiger partial charge is 0.405 e. The molecular weight excluding hydrogens is 285 g/mol. The maximum absolute atomic E-state index is 11.9. The average Bonchev–Trinajstić information content (AvgIpc) is 2.77. The van der Waals surface area contributed by atoms with Crippen LogP contribution in [0.2, 0.25) is 0 Å². The summed E-state index contributed by atoms with van der Waals surface area (Å²) in [4.78, 5) is 13.4. The van der Waals surface area contributed by atoms with Gasteiger partial charge in [-0.15, -0.1) is 0 Å². The molecule has 1 saturated heterocycles. The molecule has 0 aromatic heterocycles. The van der Waals surface area contributed by atoms with Gasteiger partial charge in [0, 0.05) is 13.1 Å². The highest BCUT2D eigenvalue weighted by Crippen LogP contribution is 2.20. The molecule has 1 N–H and O–H groups in total. The molecule has 3 nitrogen and oxygen atoms in total. The zero-order valence-corrected chi connectivity index (χ0v) is 11.6. The van der Waals surface area contributed by atoms with Crippen molar-refractivity contribution in [1.29, 1.82) is 0 Å². The molecule has 1 fully saturated rings. The number of thiocarbonyl (C=S) groups is 1. The van der Waals surface area contributed by atoms with Crippen LogP contribution in [-0.2, 0) is 4.79 Å². The van der Waals surface area contributed by atoms with Gasteiger partial charge in [0.15, 0.2) is 0 Å². The number of halogens is 3. The number of thioether (sulfide) groups is 1. The molecule has 104 valence electrons. The third-order valence-corrected chi connectivity index (χ3v) is 4.05. The Morgan fingerprint density at radius 3 is 2.50 bits per heavy atom. The molecule has 1 amide bonds. The molecule has 1 aliphatic heterocycles. The molecule has 0 aromatic carbocycles. The monoisotopic (exact) mass is 300 g/mol. The molecule has 18 heavy (non-hydrogen) atoms. The first kappa shape index (κ1) is 15.6. The molecule has 0 aliphatic carbocycles. The molecule has 0 aromatic rings. The first-order chi connectivity index (χ1) is 8.29. The quantitative estimate of drug-likeness (QED) is 0.810. The van der Waals surface area contributed by atoms with Crippen LogP contribution in [0, 0.1) is 0 Å². The number of carbonyl (C=O) groups is 1. The van der Waals surface area contributed by atoms with E-state index in [0.717, 1.165) is 37.7 Å². The van der Waals surface area contributed by atoms with Crippen LogP contribution < -0.4 is 5.32 Å². The maximum Gasteiger partial charge on any atom is 0.405 e. The second-order valence-electron chi connectivity index (χ2n) is 4.05. The molecule has 8 heteroatoms. The van der Waals surface area contributed by atoms with E-state index < -0.39 is 23.9 Å². The van der Waals surface area contributed by atoms with E-state index in [-0.39, 0.29) is 0 Å². The van der Waals surface area contributed by atoms with E-state index in [2.05, 4.69) is 0 Å². The Balaban J connectivity index is 2.32. The summed E-state index contributed by atoms with van der Waals surface area (Å²) >= 11 is 6.29. The lowest BCUT2D eigenvalue weighted by molar-refractivity contribution is -0.137. The normalized spacial score (nSPS) is 17.7. The SMILES string of the molecule is C[C@H](SC(=S)N1CCCC1)C(=O)NCC(F)(F)F. The minimum absolute atomic E-state index is 0.585. The van der Waals surface area contributed by atoms with Gasteiger partial charge in [-0.1, -0.05) is 24.0 Å². The molecule has 0 radical (unpaired) electrons. The molecule has 0 unspecified atom stereocenters. The second kappa shape index (κ2) is 6.60. The fraction of sp³-hybridized carbons (Fsp3) is 0.800. The number of hydrogen-bond acceptors (Lipinski definition) is 3. The fourth-order valence-electron chi connectivity index (χ4n) is 1.51. The fourth-order valence-corrected chi connectivity index (χ4v) is 2.95. The molecule has 1 atom stereocenters. The minimum atomic E-state index is -4.38. The van der Waals surface area contributed by atoms with Gasteiger partial charge in [-0.05, 0) is 19.8 Å². The van der Waals surface area contributed by atoms with E-state index in [1.807, 2.05) is 10.2 Å². The standard InChI is InChI=1S/C10H15F3N2OS2/c1-7(8(16)14-6-10(11,12)13)18-9(17)15-4-2-3-5-15/h7H,2-6H2,1H3,(H,14,16)/t7-/m0/s1. The van der Waals surface area contributed by atoms with Crippen molar-refractivity contribution < 1.29 is 18.0 Å². The van der Waals surface area contributed by atoms with Gasteiger partial charge < -0.3 is 10.2 Å². The van der Waals surface area contributed by atoms with Crippen molar-refractivity contribution in [1.82, 2.24) is 10.2 Å². The second-order valence-corrected chi connectivity index (χ2v) is 6.03. The van der Waals surface area contributed by atoms with Crippen LogP contribution in [0.5, 0.6) is 0 Å². The number of alkyl halides is 3. The number of carbonyl (C=O) groups excluding carboxylic acids is 1. The van der Waals surface area contributed by atoms with Gasteiger partial charge in [0.1, 0.15) is 10.9 Å². The van der Waals surface area contributed by atoms with Crippen molar-refractivity contribution in [2.45, 2.75) is 31.2 Å². The first-order valence-corrected chi connectivity index (χ1v) is 6.88. The van der Waals surface area contributed by atoms with E-state index in [1.54, 1.807) is 6.92 Å². The van der Waals surface area contributed by atoms with Gasteiger partial charge in [0.2, 0.25) is 5.91 Å². The van der Waals surface area contributed by atoms with Crippen molar-refractivity contribution in [3.05, 3.63) is 0 Å². The van der Waals surface area contributed by atoms with Gasteiger partial charge in [-0.3, -0.25) is 4.79 Å². The Morgan fingerprint density at radius 1 is 1.44 bits per heavy atom. The third-order valence-electron chi connectivity index (χ3n) is 2.47. The number of likely N-dealkylation sites (tertiary alicyclic amines) is 1. The van der Waals surface area contributed by atoms with E-state index in [1.165, 1.54) is 0 Å². The van der Waals surface area contributed by atoms with Crippen LogP contribution in [0.25, 0.3) is 0 Å². The van der Waals surface area contributed by atoms with Crippen LogP contribution >= 0.6 is 24.0 Å². The third kappa shape index (κ3) is 5.43. The number of amides is 1. The Labute approximate surface area is 113 Å². The zero-order valence-electron chi connectivity index (χ0n) is 9.92. The number of rotatable bonds is 3. The van der Waals surface area contributed by atoms with Crippen molar-refractivity contribution in [3.8, 4) is 0 Å². The summed E-state index contributed by atoms with van der Waals surface area (Å²) in [6.07, 6.45) is -2.25. The molecule has 1 heterocycles. The van der Waals surface area contributed by atoms with Crippen LogP contribution in [0.15, 0.2) is 0 Å². The van der Waals surface area contributed by atoms with Crippen molar-refractivity contribution in [3.63, 3.8) is 0 Å². The minimum Gasteiger partial charge on any atom is -0.358 e. The number of nitrogens with one attached hydrogen (secondary N) is 1. The maximum atomic E-state index is 11.9.